The van der Waals surface area contributed by atoms with E-state index < -0.39 is 17.8 Å². The second-order valence-corrected chi connectivity index (χ2v) is 7.54. The Hall–Kier alpha value is -3.67. The molecule has 5 nitrogen and oxygen atoms in total. The van der Waals surface area contributed by atoms with E-state index in [4.69, 9.17) is 4.74 Å². The second-order valence-electron chi connectivity index (χ2n) is 7.54. The topological polar surface area (TPSA) is 58.6 Å². The third-order valence-electron chi connectivity index (χ3n) is 5.17. The van der Waals surface area contributed by atoms with Gasteiger partial charge in [0.1, 0.15) is 17.6 Å². The van der Waals surface area contributed by atoms with Crippen LogP contribution in [0.15, 0.2) is 78.9 Å². The van der Waals surface area contributed by atoms with Gasteiger partial charge in [-0.3, -0.25) is 9.59 Å². The molecule has 0 aromatic heterocycles. The molecular weight excluding hydrogens is 407 g/mol. The number of hydrogen-bond donors (Lipinski definition) is 1. The number of carbonyl (C=O) groups excluding carboxylic acids is 2. The summed E-state index contributed by atoms with van der Waals surface area (Å²) in [5.74, 6) is -0.600. The first-order valence-corrected chi connectivity index (χ1v) is 10.5. The van der Waals surface area contributed by atoms with Gasteiger partial charge < -0.3 is 15.0 Å². The average Bonchev–Trinajstić information content (AvgIpc) is 2.81. The van der Waals surface area contributed by atoms with Crippen molar-refractivity contribution in [3.8, 4) is 5.75 Å². The summed E-state index contributed by atoms with van der Waals surface area (Å²) < 4.78 is 20.1. The van der Waals surface area contributed by atoms with Crippen LogP contribution < -0.4 is 10.1 Å². The van der Waals surface area contributed by atoms with Crippen LogP contribution in [0.1, 0.15) is 16.7 Å². The number of rotatable bonds is 9. The first-order valence-electron chi connectivity index (χ1n) is 10.5. The minimum atomic E-state index is -0.824. The number of halogens is 1. The molecule has 3 aromatic carbocycles. The quantitative estimate of drug-likeness (QED) is 0.556. The number of nitrogens with zero attached hydrogens (tertiary/aromatic N) is 1. The number of amides is 2. The smallest absolute Gasteiger partial charge is 0.261 e. The van der Waals surface area contributed by atoms with Crippen molar-refractivity contribution in [2.45, 2.75) is 25.9 Å². The largest absolute Gasteiger partial charge is 0.484 e. The summed E-state index contributed by atoms with van der Waals surface area (Å²) in [6.45, 7) is 1.62. The summed E-state index contributed by atoms with van der Waals surface area (Å²) in [6.07, 6.45) is 0.297. The van der Waals surface area contributed by atoms with Crippen LogP contribution in [0.2, 0.25) is 0 Å². The van der Waals surface area contributed by atoms with Crippen molar-refractivity contribution in [3.63, 3.8) is 0 Å². The van der Waals surface area contributed by atoms with Crippen LogP contribution in [0.25, 0.3) is 0 Å². The summed E-state index contributed by atoms with van der Waals surface area (Å²) in [5, 5.41) is 2.63. The molecule has 0 bridgehead atoms. The molecule has 0 heterocycles. The van der Waals surface area contributed by atoms with E-state index in [0.29, 0.717) is 17.7 Å². The Morgan fingerprint density at radius 2 is 1.72 bits per heavy atom. The molecule has 6 heteroatoms. The third-order valence-corrected chi connectivity index (χ3v) is 5.17. The minimum absolute atomic E-state index is 0.0480. The van der Waals surface area contributed by atoms with Crippen LogP contribution in [-0.4, -0.2) is 36.4 Å². The lowest BCUT2D eigenvalue weighted by Crippen LogP contribution is -2.51. The first-order chi connectivity index (χ1) is 15.5. The normalized spacial score (nSPS) is 11.5. The van der Waals surface area contributed by atoms with Gasteiger partial charge >= 0.3 is 0 Å². The zero-order valence-electron chi connectivity index (χ0n) is 18.3. The van der Waals surface area contributed by atoms with Crippen molar-refractivity contribution in [1.82, 2.24) is 10.2 Å². The molecule has 166 valence electrons. The molecular formula is C26H27FN2O3. The fraction of sp³-hybridized carbons (Fsp3) is 0.231. The second kappa shape index (κ2) is 11.1. The number of nitrogens with one attached hydrogen (secondary N) is 1. The van der Waals surface area contributed by atoms with Crippen LogP contribution in [0.3, 0.4) is 0 Å². The maximum atomic E-state index is 14.4. The van der Waals surface area contributed by atoms with Gasteiger partial charge in [-0.05, 0) is 36.2 Å². The summed E-state index contributed by atoms with van der Waals surface area (Å²) in [4.78, 5) is 27.5. The van der Waals surface area contributed by atoms with Gasteiger partial charge in [-0.25, -0.2) is 4.39 Å². The number of aryl methyl sites for hydroxylation is 1. The van der Waals surface area contributed by atoms with Crippen LogP contribution in [0.4, 0.5) is 4.39 Å². The van der Waals surface area contributed by atoms with Crippen molar-refractivity contribution in [3.05, 3.63) is 101 Å². The van der Waals surface area contributed by atoms with Crippen molar-refractivity contribution in [1.29, 1.82) is 0 Å². The fourth-order valence-corrected chi connectivity index (χ4v) is 3.46. The van der Waals surface area contributed by atoms with Gasteiger partial charge in [-0.1, -0.05) is 60.7 Å². The maximum absolute atomic E-state index is 14.4. The van der Waals surface area contributed by atoms with Gasteiger partial charge in [0.15, 0.2) is 6.61 Å². The highest BCUT2D eigenvalue weighted by Gasteiger charge is 2.30. The lowest BCUT2D eigenvalue weighted by molar-refractivity contribution is -0.142. The Balaban J connectivity index is 1.88. The van der Waals surface area contributed by atoms with Crippen LogP contribution >= 0.6 is 0 Å². The summed E-state index contributed by atoms with van der Waals surface area (Å²) in [7, 11) is 1.52. The predicted octanol–water partition coefficient (Wildman–Crippen LogP) is 3.90. The molecule has 0 radical (unpaired) electrons. The summed E-state index contributed by atoms with van der Waals surface area (Å²) >= 11 is 0. The zero-order valence-corrected chi connectivity index (χ0v) is 18.3. The monoisotopic (exact) mass is 434 g/mol. The summed E-state index contributed by atoms with van der Waals surface area (Å²) in [5.41, 5.74) is 2.23. The number of ether oxygens (including phenoxy) is 1. The molecule has 0 spiro atoms. The number of likely N-dealkylation sites (N-methyl/N-ethyl adjacent to an activating group) is 1. The highest BCUT2D eigenvalue weighted by Crippen LogP contribution is 2.18. The van der Waals surface area contributed by atoms with Crippen molar-refractivity contribution < 1.29 is 18.7 Å². The molecule has 3 aromatic rings. The van der Waals surface area contributed by atoms with E-state index in [2.05, 4.69) is 5.32 Å². The molecule has 0 saturated heterocycles. The van der Waals surface area contributed by atoms with E-state index in [1.165, 1.54) is 18.0 Å². The molecule has 32 heavy (non-hydrogen) atoms. The zero-order chi connectivity index (χ0) is 22.9. The Kier molecular flexibility index (Phi) is 7.97. The highest BCUT2D eigenvalue weighted by molar-refractivity contribution is 5.88. The maximum Gasteiger partial charge on any atom is 0.261 e. The Labute approximate surface area is 187 Å². The van der Waals surface area contributed by atoms with Gasteiger partial charge in [0.05, 0.1) is 0 Å². The Bertz CT molecular complexity index is 1060. The van der Waals surface area contributed by atoms with Crippen LogP contribution in [0, 0.1) is 12.7 Å². The molecule has 0 fully saturated rings. The number of benzene rings is 3. The van der Waals surface area contributed by atoms with E-state index in [0.717, 1.165) is 11.1 Å². The van der Waals surface area contributed by atoms with Gasteiger partial charge in [-0.15, -0.1) is 0 Å². The van der Waals surface area contributed by atoms with Gasteiger partial charge in [0.2, 0.25) is 5.91 Å². The standard InChI is InChI=1S/C26H27FN2O3/c1-19-9-8-13-22(15-19)32-18-25(30)29(17-21-12-6-7-14-23(21)27)24(26(31)28-2)16-20-10-4-3-5-11-20/h3-15,24H,16-18H2,1-2H3,(H,28,31)/t24-/m0/s1. The number of hydrogen-bond acceptors (Lipinski definition) is 3. The lowest BCUT2D eigenvalue weighted by atomic mass is 10.0. The Morgan fingerprint density at radius 3 is 2.41 bits per heavy atom. The Morgan fingerprint density at radius 1 is 1.00 bits per heavy atom. The minimum Gasteiger partial charge on any atom is -0.484 e. The van der Waals surface area contributed by atoms with Crippen molar-refractivity contribution >= 4 is 11.8 Å². The van der Waals surface area contributed by atoms with Crippen LogP contribution in [0.5, 0.6) is 5.75 Å². The van der Waals surface area contributed by atoms with Gasteiger partial charge in [-0.2, -0.15) is 0 Å². The van der Waals surface area contributed by atoms with Crippen molar-refractivity contribution in [2.24, 2.45) is 0 Å². The lowest BCUT2D eigenvalue weighted by Gasteiger charge is -2.31. The molecule has 0 aliphatic heterocycles. The molecule has 2 amide bonds. The van der Waals surface area contributed by atoms with Crippen LogP contribution in [-0.2, 0) is 22.6 Å². The molecule has 0 aliphatic carbocycles. The molecule has 0 unspecified atom stereocenters. The third kappa shape index (κ3) is 6.17. The molecule has 0 aliphatic rings. The van der Waals surface area contributed by atoms with E-state index in [1.54, 1.807) is 24.3 Å². The van der Waals surface area contributed by atoms with E-state index in [1.807, 2.05) is 55.5 Å². The average molecular weight is 435 g/mol. The number of carbonyl (C=O) groups is 2. The van der Waals surface area contributed by atoms with E-state index in [-0.39, 0.29) is 19.1 Å². The summed E-state index contributed by atoms with van der Waals surface area (Å²) in [6, 6.07) is 22.2. The van der Waals surface area contributed by atoms with Crippen molar-refractivity contribution in [2.75, 3.05) is 13.7 Å². The SMILES string of the molecule is CNC(=O)[C@H](Cc1ccccc1)N(Cc1ccccc1F)C(=O)COc1cccc(C)c1. The van der Waals surface area contributed by atoms with E-state index >= 15 is 0 Å². The van der Waals surface area contributed by atoms with E-state index in [9.17, 15) is 14.0 Å². The fourth-order valence-electron chi connectivity index (χ4n) is 3.46. The first kappa shape index (κ1) is 23.0. The van der Waals surface area contributed by atoms with Gasteiger partial charge in [0, 0.05) is 25.6 Å². The van der Waals surface area contributed by atoms with Gasteiger partial charge in [0.25, 0.3) is 5.91 Å². The molecule has 3 rings (SSSR count). The molecule has 1 atom stereocenters. The predicted molar refractivity (Wildman–Crippen MR) is 122 cm³/mol. The molecule has 0 saturated carbocycles. The molecule has 1 N–H and O–H groups in total. The highest BCUT2D eigenvalue weighted by atomic mass is 19.1.